The van der Waals surface area contributed by atoms with Gasteiger partial charge in [-0.15, -0.1) is 0 Å². The van der Waals surface area contributed by atoms with Crippen molar-refractivity contribution in [3.8, 4) is 0 Å². The highest BCUT2D eigenvalue weighted by molar-refractivity contribution is 6.30. The molecule has 0 aliphatic carbocycles. The number of carbonyl (C=O) groups is 2. The second kappa shape index (κ2) is 9.58. The number of halogens is 1. The molecule has 2 amide bonds. The number of nitrogens with zero attached hydrogens (tertiary/aromatic N) is 2. The fourth-order valence-corrected chi connectivity index (χ4v) is 2.34. The van der Waals surface area contributed by atoms with Crippen LogP contribution in [0.25, 0.3) is 0 Å². The zero-order chi connectivity index (χ0) is 18.1. The average molecular weight is 362 g/mol. The lowest BCUT2D eigenvalue weighted by Gasteiger charge is -2.18. The van der Waals surface area contributed by atoms with Crippen LogP contribution in [0.4, 0.5) is 5.95 Å². The van der Waals surface area contributed by atoms with Gasteiger partial charge in [0.2, 0.25) is 17.8 Å². The van der Waals surface area contributed by atoms with E-state index in [0.717, 1.165) is 5.56 Å². The maximum absolute atomic E-state index is 12.1. The summed E-state index contributed by atoms with van der Waals surface area (Å²) in [5.74, 6) is 0.147. The Kier molecular flexibility index (Phi) is 7.16. The topological polar surface area (TPSA) is 96.0 Å². The van der Waals surface area contributed by atoms with E-state index >= 15 is 0 Å². The van der Waals surface area contributed by atoms with Gasteiger partial charge in [0.1, 0.15) is 0 Å². The summed E-state index contributed by atoms with van der Waals surface area (Å²) in [4.78, 5) is 31.6. The van der Waals surface area contributed by atoms with Crippen molar-refractivity contribution in [2.45, 2.75) is 19.4 Å². The highest BCUT2D eigenvalue weighted by Crippen LogP contribution is 2.19. The van der Waals surface area contributed by atoms with Gasteiger partial charge in [0, 0.05) is 37.4 Å². The summed E-state index contributed by atoms with van der Waals surface area (Å²) in [7, 11) is 0. The second-order valence-corrected chi connectivity index (χ2v) is 5.79. The van der Waals surface area contributed by atoms with Crippen LogP contribution >= 0.6 is 11.6 Å². The number of hydrogen-bond acceptors (Lipinski definition) is 5. The molecule has 25 heavy (non-hydrogen) atoms. The largest absolute Gasteiger partial charge is 0.354 e. The summed E-state index contributed by atoms with van der Waals surface area (Å²) in [6, 6.07) is 8.38. The third-order valence-corrected chi connectivity index (χ3v) is 3.59. The number of hydrogen-bond donors (Lipinski definition) is 3. The van der Waals surface area contributed by atoms with E-state index in [1.807, 2.05) is 0 Å². The van der Waals surface area contributed by atoms with E-state index < -0.39 is 6.04 Å². The third kappa shape index (κ3) is 6.76. The molecule has 0 aliphatic heterocycles. The highest BCUT2D eigenvalue weighted by atomic mass is 35.5. The van der Waals surface area contributed by atoms with Crippen molar-refractivity contribution < 1.29 is 9.59 Å². The molecule has 132 valence electrons. The Hall–Kier alpha value is -2.67. The van der Waals surface area contributed by atoms with Gasteiger partial charge in [0.15, 0.2) is 0 Å². The normalized spacial score (nSPS) is 11.4. The van der Waals surface area contributed by atoms with Crippen molar-refractivity contribution in [1.82, 2.24) is 20.6 Å². The number of rotatable bonds is 8. The summed E-state index contributed by atoms with van der Waals surface area (Å²) in [5, 5.41) is 9.19. The Morgan fingerprint density at radius 3 is 2.44 bits per heavy atom. The summed E-state index contributed by atoms with van der Waals surface area (Å²) in [5.41, 5.74) is 0.825. The Bertz CT molecular complexity index is 694. The molecule has 2 aromatic rings. The number of amides is 2. The van der Waals surface area contributed by atoms with Gasteiger partial charge in [0.25, 0.3) is 0 Å². The van der Waals surface area contributed by atoms with Gasteiger partial charge < -0.3 is 16.0 Å². The Labute approximate surface area is 151 Å². The van der Waals surface area contributed by atoms with Crippen molar-refractivity contribution in [2.24, 2.45) is 0 Å². The molecule has 0 bridgehead atoms. The molecule has 2 rings (SSSR count). The summed E-state index contributed by atoms with van der Waals surface area (Å²) >= 11 is 5.88. The summed E-state index contributed by atoms with van der Waals surface area (Å²) in [6.45, 7) is 2.34. The van der Waals surface area contributed by atoms with Crippen molar-refractivity contribution >= 4 is 29.4 Å². The van der Waals surface area contributed by atoms with Crippen molar-refractivity contribution in [3.05, 3.63) is 53.3 Å². The zero-order valence-electron chi connectivity index (χ0n) is 13.8. The standard InChI is InChI=1S/C17H20ClN5O2/c1-12(24)23-15(13-3-5-14(18)6-4-13)11-16(25)19-9-10-22-17-20-7-2-8-21-17/h2-8,15H,9-11H2,1H3,(H,19,25)(H,23,24)(H,20,21,22)/t15-/m0/s1. The van der Waals surface area contributed by atoms with E-state index in [1.165, 1.54) is 6.92 Å². The second-order valence-electron chi connectivity index (χ2n) is 5.36. The molecule has 7 nitrogen and oxygen atoms in total. The molecule has 8 heteroatoms. The highest BCUT2D eigenvalue weighted by Gasteiger charge is 2.16. The van der Waals surface area contributed by atoms with E-state index in [0.29, 0.717) is 24.1 Å². The average Bonchev–Trinajstić information content (AvgIpc) is 2.59. The molecule has 0 fully saturated rings. The lowest BCUT2D eigenvalue weighted by Crippen LogP contribution is -2.34. The number of carbonyl (C=O) groups excluding carboxylic acids is 2. The van der Waals surface area contributed by atoms with Gasteiger partial charge in [0.05, 0.1) is 12.5 Å². The van der Waals surface area contributed by atoms with Crippen LogP contribution in [0, 0.1) is 0 Å². The van der Waals surface area contributed by atoms with Gasteiger partial charge in [-0.2, -0.15) is 0 Å². The van der Waals surface area contributed by atoms with Gasteiger partial charge in [-0.3, -0.25) is 9.59 Å². The minimum Gasteiger partial charge on any atom is -0.354 e. The molecule has 1 heterocycles. The van der Waals surface area contributed by atoms with Crippen LogP contribution in [0.1, 0.15) is 24.9 Å². The number of benzene rings is 1. The fraction of sp³-hybridized carbons (Fsp3) is 0.294. The van der Waals surface area contributed by atoms with Crippen LogP contribution in [0.3, 0.4) is 0 Å². The quantitative estimate of drug-likeness (QED) is 0.624. The molecular formula is C17H20ClN5O2. The van der Waals surface area contributed by atoms with Crippen LogP contribution < -0.4 is 16.0 Å². The van der Waals surface area contributed by atoms with Crippen LogP contribution in [0.15, 0.2) is 42.7 Å². The zero-order valence-corrected chi connectivity index (χ0v) is 14.6. The number of anilines is 1. The van der Waals surface area contributed by atoms with E-state index in [4.69, 9.17) is 11.6 Å². The molecule has 0 radical (unpaired) electrons. The first kappa shape index (κ1) is 18.7. The van der Waals surface area contributed by atoms with Gasteiger partial charge >= 0.3 is 0 Å². The molecule has 3 N–H and O–H groups in total. The van der Waals surface area contributed by atoms with Crippen molar-refractivity contribution in [1.29, 1.82) is 0 Å². The van der Waals surface area contributed by atoms with Gasteiger partial charge in [-0.25, -0.2) is 9.97 Å². The van der Waals surface area contributed by atoms with Gasteiger partial charge in [-0.05, 0) is 23.8 Å². The van der Waals surface area contributed by atoms with E-state index in [2.05, 4.69) is 25.9 Å². The molecule has 1 aromatic carbocycles. The predicted molar refractivity (Wildman–Crippen MR) is 96.2 cm³/mol. The van der Waals surface area contributed by atoms with E-state index in [-0.39, 0.29) is 18.2 Å². The smallest absolute Gasteiger partial charge is 0.222 e. The monoisotopic (exact) mass is 361 g/mol. The first-order valence-electron chi connectivity index (χ1n) is 7.85. The van der Waals surface area contributed by atoms with Gasteiger partial charge in [-0.1, -0.05) is 23.7 Å². The number of nitrogens with one attached hydrogen (secondary N) is 3. The molecule has 1 aromatic heterocycles. The molecule has 0 unspecified atom stereocenters. The van der Waals surface area contributed by atoms with Crippen LogP contribution in [-0.2, 0) is 9.59 Å². The Morgan fingerprint density at radius 1 is 1.12 bits per heavy atom. The van der Waals surface area contributed by atoms with Crippen molar-refractivity contribution in [3.63, 3.8) is 0 Å². The predicted octanol–water partition coefficient (Wildman–Crippen LogP) is 1.93. The maximum atomic E-state index is 12.1. The first-order chi connectivity index (χ1) is 12.0. The summed E-state index contributed by atoms with van der Waals surface area (Å²) < 4.78 is 0. The maximum Gasteiger partial charge on any atom is 0.222 e. The Morgan fingerprint density at radius 2 is 1.80 bits per heavy atom. The molecule has 0 saturated carbocycles. The lowest BCUT2D eigenvalue weighted by atomic mass is 10.0. The van der Waals surface area contributed by atoms with Crippen LogP contribution in [0.5, 0.6) is 0 Å². The van der Waals surface area contributed by atoms with Crippen molar-refractivity contribution in [2.75, 3.05) is 18.4 Å². The molecule has 0 saturated heterocycles. The van der Waals surface area contributed by atoms with Crippen LogP contribution in [0.2, 0.25) is 5.02 Å². The lowest BCUT2D eigenvalue weighted by molar-refractivity contribution is -0.122. The molecule has 1 atom stereocenters. The summed E-state index contributed by atoms with van der Waals surface area (Å²) in [6.07, 6.45) is 3.42. The van der Waals surface area contributed by atoms with Crippen LogP contribution in [-0.4, -0.2) is 34.9 Å². The van der Waals surface area contributed by atoms with E-state index in [9.17, 15) is 9.59 Å². The fourth-order valence-electron chi connectivity index (χ4n) is 2.22. The molecule has 0 spiro atoms. The minimum absolute atomic E-state index is 0.142. The number of aromatic nitrogens is 2. The minimum atomic E-state index is -0.403. The van der Waals surface area contributed by atoms with E-state index in [1.54, 1.807) is 42.7 Å². The SMILES string of the molecule is CC(=O)N[C@@H](CC(=O)NCCNc1ncccn1)c1ccc(Cl)cc1. The Balaban J connectivity index is 1.82. The molecular weight excluding hydrogens is 342 g/mol. The third-order valence-electron chi connectivity index (χ3n) is 3.34. The molecule has 0 aliphatic rings. The first-order valence-corrected chi connectivity index (χ1v) is 8.22.